The quantitative estimate of drug-likeness (QED) is 0.856. The third-order valence-electron chi connectivity index (χ3n) is 4.00. The molecule has 108 valence electrons. The molecule has 4 heteroatoms. The van der Waals surface area contributed by atoms with E-state index in [2.05, 4.69) is 4.90 Å². The Kier molecular flexibility index (Phi) is 4.55. The fourth-order valence-corrected chi connectivity index (χ4v) is 2.66. The highest BCUT2D eigenvalue weighted by Crippen LogP contribution is 2.18. The van der Waals surface area contributed by atoms with Crippen LogP contribution in [0.1, 0.15) is 34.3 Å². The molecule has 1 aliphatic heterocycles. The molecule has 4 nitrogen and oxygen atoms in total. The molecule has 0 amide bonds. The Morgan fingerprint density at radius 2 is 1.90 bits per heavy atom. The van der Waals surface area contributed by atoms with Crippen molar-refractivity contribution in [2.24, 2.45) is 5.92 Å². The Balaban J connectivity index is 1.96. The van der Waals surface area contributed by atoms with Crippen LogP contribution in [0, 0.1) is 19.8 Å². The fourth-order valence-electron chi connectivity index (χ4n) is 2.66. The molecule has 1 heterocycles. The molecule has 1 aromatic rings. The van der Waals surface area contributed by atoms with E-state index in [0.29, 0.717) is 32.5 Å². The standard InChI is InChI=1S/C16H21NO3/c1-11-3-4-12(2)14(9-11)15(18)10-17-7-5-13(6-8-17)16(19)20/h3-4,9,13H,5-8,10H2,1-2H3,(H,19,20). The number of nitrogens with zero attached hydrogens (tertiary/aromatic N) is 1. The minimum absolute atomic E-state index is 0.125. The van der Waals surface area contributed by atoms with Crippen LogP contribution < -0.4 is 0 Å². The van der Waals surface area contributed by atoms with Gasteiger partial charge in [0.1, 0.15) is 0 Å². The van der Waals surface area contributed by atoms with Crippen LogP contribution in [0.25, 0.3) is 0 Å². The SMILES string of the molecule is Cc1ccc(C)c(C(=O)CN2CCC(C(=O)O)CC2)c1. The molecule has 0 saturated carbocycles. The topological polar surface area (TPSA) is 57.6 Å². The lowest BCUT2D eigenvalue weighted by molar-refractivity contribution is -0.143. The van der Waals surface area contributed by atoms with Crippen LogP contribution in [0.2, 0.25) is 0 Å². The number of piperidine rings is 1. The molecule has 2 rings (SSSR count). The Bertz CT molecular complexity index is 516. The maximum absolute atomic E-state index is 12.3. The summed E-state index contributed by atoms with van der Waals surface area (Å²) >= 11 is 0. The van der Waals surface area contributed by atoms with E-state index < -0.39 is 5.97 Å². The Morgan fingerprint density at radius 1 is 1.25 bits per heavy atom. The van der Waals surface area contributed by atoms with Gasteiger partial charge >= 0.3 is 5.97 Å². The first-order valence-electron chi connectivity index (χ1n) is 7.03. The lowest BCUT2D eigenvalue weighted by Crippen LogP contribution is -2.39. The number of aryl methyl sites for hydroxylation is 2. The van der Waals surface area contributed by atoms with E-state index in [0.717, 1.165) is 16.7 Å². The van der Waals surface area contributed by atoms with Gasteiger partial charge in [0.15, 0.2) is 5.78 Å². The smallest absolute Gasteiger partial charge is 0.306 e. The number of hydrogen-bond acceptors (Lipinski definition) is 3. The number of rotatable bonds is 4. The number of likely N-dealkylation sites (tertiary alicyclic amines) is 1. The summed E-state index contributed by atoms with van der Waals surface area (Å²) in [5, 5.41) is 8.97. The van der Waals surface area contributed by atoms with Crippen molar-refractivity contribution < 1.29 is 14.7 Å². The van der Waals surface area contributed by atoms with Crippen molar-refractivity contribution in [2.45, 2.75) is 26.7 Å². The van der Waals surface area contributed by atoms with Gasteiger partial charge in [-0.1, -0.05) is 17.7 Å². The van der Waals surface area contributed by atoms with E-state index in [1.54, 1.807) is 0 Å². The highest BCUT2D eigenvalue weighted by molar-refractivity contribution is 5.99. The van der Waals surface area contributed by atoms with Crippen LogP contribution in [0.4, 0.5) is 0 Å². The number of carbonyl (C=O) groups is 2. The second-order valence-corrected chi connectivity index (χ2v) is 5.63. The normalized spacial score (nSPS) is 17.1. The van der Waals surface area contributed by atoms with E-state index in [4.69, 9.17) is 5.11 Å². The summed E-state index contributed by atoms with van der Waals surface area (Å²) in [4.78, 5) is 25.3. The van der Waals surface area contributed by atoms with Crippen LogP contribution in [0.5, 0.6) is 0 Å². The number of aliphatic carboxylic acids is 1. The van der Waals surface area contributed by atoms with Gasteiger partial charge in [-0.3, -0.25) is 14.5 Å². The van der Waals surface area contributed by atoms with Crippen LogP contribution >= 0.6 is 0 Å². The summed E-state index contributed by atoms with van der Waals surface area (Å²) < 4.78 is 0. The molecule has 1 aromatic carbocycles. The molecule has 0 aromatic heterocycles. The van der Waals surface area contributed by atoms with Crippen LogP contribution in [-0.2, 0) is 4.79 Å². The van der Waals surface area contributed by atoms with Gasteiger partial charge in [-0.25, -0.2) is 0 Å². The lowest BCUT2D eigenvalue weighted by Gasteiger charge is -2.29. The molecular formula is C16H21NO3. The van der Waals surface area contributed by atoms with Crippen LogP contribution in [0.3, 0.4) is 0 Å². The number of benzene rings is 1. The molecule has 0 radical (unpaired) electrons. The molecule has 0 bridgehead atoms. The maximum Gasteiger partial charge on any atom is 0.306 e. The first-order chi connectivity index (χ1) is 9.47. The van der Waals surface area contributed by atoms with Crippen molar-refractivity contribution in [1.82, 2.24) is 4.90 Å². The zero-order chi connectivity index (χ0) is 14.7. The average molecular weight is 275 g/mol. The largest absolute Gasteiger partial charge is 0.481 e. The summed E-state index contributed by atoms with van der Waals surface area (Å²) in [6.07, 6.45) is 1.27. The molecule has 1 aliphatic rings. The van der Waals surface area contributed by atoms with E-state index in [1.807, 2.05) is 32.0 Å². The first kappa shape index (κ1) is 14.7. The van der Waals surface area contributed by atoms with Crippen molar-refractivity contribution >= 4 is 11.8 Å². The highest BCUT2D eigenvalue weighted by atomic mass is 16.4. The second kappa shape index (κ2) is 6.18. The van der Waals surface area contributed by atoms with Crippen molar-refractivity contribution in [3.63, 3.8) is 0 Å². The molecule has 20 heavy (non-hydrogen) atoms. The predicted octanol–water partition coefficient (Wildman–Crippen LogP) is 2.28. The van der Waals surface area contributed by atoms with Gasteiger partial charge in [0, 0.05) is 5.56 Å². The lowest BCUT2D eigenvalue weighted by atomic mass is 9.96. The first-order valence-corrected chi connectivity index (χ1v) is 7.03. The summed E-state index contributed by atoms with van der Waals surface area (Å²) in [5.74, 6) is -0.840. The number of carboxylic acid groups (broad SMARTS) is 1. The van der Waals surface area contributed by atoms with E-state index >= 15 is 0 Å². The van der Waals surface area contributed by atoms with Gasteiger partial charge in [-0.15, -0.1) is 0 Å². The number of carboxylic acids is 1. The van der Waals surface area contributed by atoms with Crippen molar-refractivity contribution in [3.05, 3.63) is 34.9 Å². The molecule has 0 spiro atoms. The zero-order valence-electron chi connectivity index (χ0n) is 12.1. The Hall–Kier alpha value is -1.68. The number of carbonyl (C=O) groups excluding carboxylic acids is 1. The van der Waals surface area contributed by atoms with Crippen LogP contribution in [0.15, 0.2) is 18.2 Å². The fraction of sp³-hybridized carbons (Fsp3) is 0.500. The third kappa shape index (κ3) is 3.45. The molecule has 1 saturated heterocycles. The van der Waals surface area contributed by atoms with Gasteiger partial charge in [0.25, 0.3) is 0 Å². The van der Waals surface area contributed by atoms with Crippen molar-refractivity contribution in [2.75, 3.05) is 19.6 Å². The molecule has 0 unspecified atom stereocenters. The number of hydrogen-bond donors (Lipinski definition) is 1. The van der Waals surface area contributed by atoms with E-state index in [9.17, 15) is 9.59 Å². The van der Waals surface area contributed by atoms with E-state index in [-0.39, 0.29) is 11.7 Å². The van der Waals surface area contributed by atoms with Crippen LogP contribution in [-0.4, -0.2) is 41.4 Å². The molecule has 0 aliphatic carbocycles. The maximum atomic E-state index is 12.3. The summed E-state index contributed by atoms with van der Waals surface area (Å²) in [6.45, 7) is 5.69. The highest BCUT2D eigenvalue weighted by Gasteiger charge is 2.25. The minimum atomic E-state index is -0.717. The predicted molar refractivity (Wildman–Crippen MR) is 77.0 cm³/mol. The zero-order valence-corrected chi connectivity index (χ0v) is 12.1. The van der Waals surface area contributed by atoms with Gasteiger partial charge in [0.2, 0.25) is 0 Å². The minimum Gasteiger partial charge on any atom is -0.481 e. The van der Waals surface area contributed by atoms with Gasteiger partial charge in [0.05, 0.1) is 12.5 Å². The van der Waals surface area contributed by atoms with Crippen molar-refractivity contribution in [3.8, 4) is 0 Å². The third-order valence-corrected chi connectivity index (χ3v) is 4.00. The van der Waals surface area contributed by atoms with Crippen molar-refractivity contribution in [1.29, 1.82) is 0 Å². The number of ketones is 1. The number of Topliss-reactive ketones (excluding diaryl/α,β-unsaturated/α-hetero) is 1. The molecule has 1 N–H and O–H groups in total. The molecular weight excluding hydrogens is 254 g/mol. The van der Waals surface area contributed by atoms with Gasteiger partial charge in [-0.05, 0) is 51.4 Å². The van der Waals surface area contributed by atoms with Gasteiger partial charge in [-0.2, -0.15) is 0 Å². The molecule has 0 atom stereocenters. The Labute approximate surface area is 119 Å². The molecule has 1 fully saturated rings. The van der Waals surface area contributed by atoms with E-state index in [1.165, 1.54) is 0 Å². The second-order valence-electron chi connectivity index (χ2n) is 5.63. The summed E-state index contributed by atoms with van der Waals surface area (Å²) in [6, 6.07) is 5.91. The Morgan fingerprint density at radius 3 is 2.50 bits per heavy atom. The average Bonchev–Trinajstić information content (AvgIpc) is 2.42. The summed E-state index contributed by atoms with van der Waals surface area (Å²) in [7, 11) is 0. The monoisotopic (exact) mass is 275 g/mol. The van der Waals surface area contributed by atoms with Gasteiger partial charge < -0.3 is 5.11 Å². The summed E-state index contributed by atoms with van der Waals surface area (Å²) in [5.41, 5.74) is 2.87.